The van der Waals surface area contributed by atoms with Gasteiger partial charge in [0.05, 0.1) is 7.11 Å². The Morgan fingerprint density at radius 2 is 2.30 bits per heavy atom. The highest BCUT2D eigenvalue weighted by atomic mass is 32.2. The topological polar surface area (TPSA) is 84.1 Å². The number of aryl methyl sites for hydroxylation is 1. The first-order chi connectivity index (χ1) is 9.60. The summed E-state index contributed by atoms with van der Waals surface area (Å²) in [4.78, 5) is 30.1. The molecule has 0 bridgehead atoms. The molecule has 112 valence electrons. The van der Waals surface area contributed by atoms with Crippen molar-refractivity contribution >= 4 is 17.7 Å². The second-order valence-corrected chi connectivity index (χ2v) is 5.25. The zero-order valence-electron chi connectivity index (χ0n) is 12.1. The molecule has 0 aromatic carbocycles. The van der Waals surface area contributed by atoms with Crippen molar-refractivity contribution in [2.24, 2.45) is 0 Å². The van der Waals surface area contributed by atoms with E-state index in [4.69, 9.17) is 4.74 Å². The zero-order valence-corrected chi connectivity index (χ0v) is 12.9. The van der Waals surface area contributed by atoms with Gasteiger partial charge in [-0.05, 0) is 13.0 Å². The molecule has 7 heteroatoms. The highest BCUT2D eigenvalue weighted by Crippen LogP contribution is 2.13. The number of aromatic nitrogens is 2. The number of methoxy groups -OCH3 is 1. The van der Waals surface area contributed by atoms with E-state index >= 15 is 0 Å². The standard InChI is InChI=1S/C13H21N3O3S/c1-4-6-9-7-11(17)16-13(15-9)20-8-10(14-5-2)12(18)19-3/h7,10,14H,4-6,8H2,1-3H3,(H,15,16,17). The monoisotopic (exact) mass is 299 g/mol. The second kappa shape index (κ2) is 8.76. The number of nitrogens with one attached hydrogen (secondary N) is 2. The molecule has 1 heterocycles. The number of hydrogen-bond acceptors (Lipinski definition) is 6. The number of ether oxygens (including phenoxy) is 1. The summed E-state index contributed by atoms with van der Waals surface area (Å²) in [5.74, 6) is 0.144. The van der Waals surface area contributed by atoms with Crippen molar-refractivity contribution in [1.82, 2.24) is 15.3 Å². The van der Waals surface area contributed by atoms with Crippen LogP contribution in [0.1, 0.15) is 26.0 Å². The van der Waals surface area contributed by atoms with Crippen LogP contribution in [0.4, 0.5) is 0 Å². The number of rotatable bonds is 8. The molecule has 0 aliphatic rings. The third kappa shape index (κ3) is 5.34. The zero-order chi connectivity index (χ0) is 15.0. The van der Waals surface area contributed by atoms with E-state index in [9.17, 15) is 9.59 Å². The van der Waals surface area contributed by atoms with E-state index in [1.54, 1.807) is 0 Å². The normalized spacial score (nSPS) is 12.2. The third-order valence-electron chi connectivity index (χ3n) is 2.60. The van der Waals surface area contributed by atoms with Crippen molar-refractivity contribution in [1.29, 1.82) is 0 Å². The Bertz CT molecular complexity index is 490. The summed E-state index contributed by atoms with van der Waals surface area (Å²) in [7, 11) is 1.36. The number of carbonyl (C=O) groups excluding carboxylic acids is 1. The van der Waals surface area contributed by atoms with Crippen LogP contribution in [-0.2, 0) is 16.0 Å². The Hall–Kier alpha value is -1.34. The van der Waals surface area contributed by atoms with Gasteiger partial charge < -0.3 is 15.0 Å². The molecule has 0 radical (unpaired) electrons. The molecule has 1 unspecified atom stereocenters. The van der Waals surface area contributed by atoms with Gasteiger partial charge in [0, 0.05) is 17.5 Å². The van der Waals surface area contributed by atoms with E-state index in [1.807, 2.05) is 13.8 Å². The predicted molar refractivity (Wildman–Crippen MR) is 79.1 cm³/mol. The van der Waals surface area contributed by atoms with Crippen LogP contribution in [0.5, 0.6) is 0 Å². The number of carbonyl (C=O) groups is 1. The average molecular weight is 299 g/mol. The lowest BCUT2D eigenvalue weighted by molar-refractivity contribution is -0.142. The molecule has 1 aromatic rings. The molecule has 0 fully saturated rings. The minimum Gasteiger partial charge on any atom is -0.468 e. The van der Waals surface area contributed by atoms with Crippen LogP contribution in [0.2, 0.25) is 0 Å². The summed E-state index contributed by atoms with van der Waals surface area (Å²) < 4.78 is 4.73. The summed E-state index contributed by atoms with van der Waals surface area (Å²) in [6.07, 6.45) is 1.70. The van der Waals surface area contributed by atoms with E-state index in [0.29, 0.717) is 17.5 Å². The van der Waals surface area contributed by atoms with Gasteiger partial charge in [0.1, 0.15) is 6.04 Å². The highest BCUT2D eigenvalue weighted by molar-refractivity contribution is 7.99. The Morgan fingerprint density at radius 1 is 1.55 bits per heavy atom. The van der Waals surface area contributed by atoms with Crippen molar-refractivity contribution in [3.8, 4) is 0 Å². The lowest BCUT2D eigenvalue weighted by Crippen LogP contribution is -2.39. The van der Waals surface area contributed by atoms with Gasteiger partial charge in [0.2, 0.25) is 0 Å². The maximum atomic E-state index is 11.6. The number of thioether (sulfide) groups is 1. The number of likely N-dealkylation sites (N-methyl/N-ethyl adjacent to an activating group) is 1. The summed E-state index contributed by atoms with van der Waals surface area (Å²) in [5.41, 5.74) is 0.612. The largest absolute Gasteiger partial charge is 0.468 e. The number of H-pyrrole nitrogens is 1. The number of nitrogens with zero attached hydrogens (tertiary/aromatic N) is 1. The van der Waals surface area contributed by atoms with Crippen LogP contribution >= 0.6 is 11.8 Å². The van der Waals surface area contributed by atoms with Crippen LogP contribution in [0, 0.1) is 0 Å². The summed E-state index contributed by atoms with van der Waals surface area (Å²) >= 11 is 1.34. The van der Waals surface area contributed by atoms with Crippen molar-refractivity contribution < 1.29 is 9.53 Å². The molecular weight excluding hydrogens is 278 g/mol. The summed E-state index contributed by atoms with van der Waals surface area (Å²) in [5, 5.41) is 3.58. The van der Waals surface area contributed by atoms with Crippen LogP contribution in [-0.4, -0.2) is 41.4 Å². The molecule has 0 saturated carbocycles. The molecule has 0 spiro atoms. The number of esters is 1. The van der Waals surface area contributed by atoms with E-state index in [1.165, 1.54) is 24.9 Å². The van der Waals surface area contributed by atoms with Crippen LogP contribution in [0.15, 0.2) is 16.0 Å². The molecule has 6 nitrogen and oxygen atoms in total. The van der Waals surface area contributed by atoms with Crippen LogP contribution in [0.25, 0.3) is 0 Å². The fourth-order valence-electron chi connectivity index (χ4n) is 1.70. The molecule has 0 aliphatic heterocycles. The van der Waals surface area contributed by atoms with Crippen LogP contribution in [0.3, 0.4) is 0 Å². The summed E-state index contributed by atoms with van der Waals surface area (Å²) in [6.45, 7) is 4.62. The van der Waals surface area contributed by atoms with Gasteiger partial charge in [-0.25, -0.2) is 4.98 Å². The molecular formula is C13H21N3O3S. The Balaban J connectivity index is 2.71. The van der Waals surface area contributed by atoms with E-state index < -0.39 is 6.04 Å². The van der Waals surface area contributed by atoms with Crippen molar-refractivity contribution in [2.75, 3.05) is 19.4 Å². The molecule has 0 amide bonds. The summed E-state index contributed by atoms with van der Waals surface area (Å²) in [6, 6.07) is 1.10. The number of hydrogen-bond donors (Lipinski definition) is 2. The predicted octanol–water partition coefficient (Wildman–Crippen LogP) is 0.966. The first-order valence-corrected chi connectivity index (χ1v) is 7.63. The average Bonchev–Trinajstić information content (AvgIpc) is 2.42. The van der Waals surface area contributed by atoms with E-state index in [2.05, 4.69) is 15.3 Å². The Morgan fingerprint density at radius 3 is 2.90 bits per heavy atom. The molecule has 20 heavy (non-hydrogen) atoms. The Kier molecular flexibility index (Phi) is 7.32. The molecule has 1 atom stereocenters. The minimum atomic E-state index is -0.407. The van der Waals surface area contributed by atoms with Gasteiger partial charge in [-0.3, -0.25) is 9.59 Å². The number of aromatic amines is 1. The van der Waals surface area contributed by atoms with E-state index in [0.717, 1.165) is 18.5 Å². The lowest BCUT2D eigenvalue weighted by atomic mass is 10.2. The highest BCUT2D eigenvalue weighted by Gasteiger charge is 2.18. The van der Waals surface area contributed by atoms with Crippen molar-refractivity contribution in [2.45, 2.75) is 37.9 Å². The fraction of sp³-hybridized carbons (Fsp3) is 0.615. The van der Waals surface area contributed by atoms with Crippen LogP contribution < -0.4 is 10.9 Å². The first kappa shape index (κ1) is 16.7. The quantitative estimate of drug-likeness (QED) is 0.423. The van der Waals surface area contributed by atoms with Crippen molar-refractivity contribution in [3.05, 3.63) is 22.1 Å². The van der Waals surface area contributed by atoms with Gasteiger partial charge in [0.25, 0.3) is 5.56 Å². The Labute approximate surface area is 122 Å². The van der Waals surface area contributed by atoms with Gasteiger partial charge >= 0.3 is 5.97 Å². The van der Waals surface area contributed by atoms with Gasteiger partial charge in [0.15, 0.2) is 5.16 Å². The minimum absolute atomic E-state index is 0.163. The smallest absolute Gasteiger partial charge is 0.323 e. The molecule has 0 aliphatic carbocycles. The maximum Gasteiger partial charge on any atom is 0.323 e. The fourth-order valence-corrected chi connectivity index (χ4v) is 2.63. The first-order valence-electron chi connectivity index (χ1n) is 6.64. The SMILES string of the molecule is CCCc1cc(=O)[nH]c(SCC(NCC)C(=O)OC)n1. The molecule has 1 rings (SSSR count). The van der Waals surface area contributed by atoms with Gasteiger partial charge in [-0.1, -0.05) is 32.0 Å². The van der Waals surface area contributed by atoms with E-state index in [-0.39, 0.29) is 11.5 Å². The van der Waals surface area contributed by atoms with Gasteiger partial charge in [-0.2, -0.15) is 0 Å². The molecule has 2 N–H and O–H groups in total. The maximum absolute atomic E-state index is 11.6. The molecule has 1 aromatic heterocycles. The van der Waals surface area contributed by atoms with Gasteiger partial charge in [-0.15, -0.1) is 0 Å². The third-order valence-corrected chi connectivity index (χ3v) is 3.57. The lowest BCUT2D eigenvalue weighted by Gasteiger charge is -2.14. The molecule has 0 saturated heterocycles. The van der Waals surface area contributed by atoms with Crippen molar-refractivity contribution in [3.63, 3.8) is 0 Å². The second-order valence-electron chi connectivity index (χ2n) is 4.24.